The number of thiazole rings is 1. The van der Waals surface area contributed by atoms with Gasteiger partial charge in [0.25, 0.3) is 0 Å². The van der Waals surface area contributed by atoms with Crippen LogP contribution in [0, 0.1) is 13.8 Å². The van der Waals surface area contributed by atoms with Crippen LogP contribution in [-0.4, -0.2) is 37.2 Å². The highest BCUT2D eigenvalue weighted by molar-refractivity contribution is 14.0. The zero-order chi connectivity index (χ0) is 15.8. The zero-order valence-corrected chi connectivity index (χ0v) is 17.5. The van der Waals surface area contributed by atoms with Crippen molar-refractivity contribution in [3.63, 3.8) is 0 Å². The highest BCUT2D eigenvalue weighted by Crippen LogP contribution is 2.20. The van der Waals surface area contributed by atoms with Crippen molar-refractivity contribution < 1.29 is 4.74 Å². The topological polar surface area (TPSA) is 58.5 Å². The second-order valence-electron chi connectivity index (χ2n) is 5.73. The Labute approximate surface area is 160 Å². The summed E-state index contributed by atoms with van der Waals surface area (Å²) in [5.41, 5.74) is 1.12. The van der Waals surface area contributed by atoms with Gasteiger partial charge in [-0.15, -0.1) is 35.3 Å². The molecule has 0 atom stereocenters. The van der Waals surface area contributed by atoms with E-state index in [1.165, 1.54) is 30.6 Å². The zero-order valence-electron chi connectivity index (χ0n) is 14.4. The molecule has 1 heterocycles. The fourth-order valence-electron chi connectivity index (χ4n) is 2.58. The summed E-state index contributed by atoms with van der Waals surface area (Å²) in [7, 11) is 1.79. The third kappa shape index (κ3) is 7.34. The molecule has 5 nitrogen and oxygen atoms in total. The molecule has 1 aliphatic rings. The molecular weight excluding hydrogens is 423 g/mol. The number of hydrogen-bond donors (Lipinski definition) is 2. The average Bonchev–Trinajstić information content (AvgIpc) is 3.12. The first-order chi connectivity index (χ1) is 10.7. The molecule has 0 saturated heterocycles. The maximum Gasteiger partial charge on any atom is 0.191 e. The van der Waals surface area contributed by atoms with E-state index in [1.807, 2.05) is 6.92 Å². The summed E-state index contributed by atoms with van der Waals surface area (Å²) < 4.78 is 5.85. The van der Waals surface area contributed by atoms with E-state index in [-0.39, 0.29) is 24.0 Å². The number of aliphatic imine (C=N–C) groups is 1. The van der Waals surface area contributed by atoms with E-state index in [0.29, 0.717) is 6.10 Å². The maximum atomic E-state index is 5.85. The molecule has 0 unspecified atom stereocenters. The van der Waals surface area contributed by atoms with E-state index in [0.717, 1.165) is 42.8 Å². The molecule has 0 aromatic carbocycles. The highest BCUT2D eigenvalue weighted by Gasteiger charge is 2.14. The van der Waals surface area contributed by atoms with E-state index in [2.05, 4.69) is 27.5 Å². The number of hydrogen-bond acceptors (Lipinski definition) is 4. The largest absolute Gasteiger partial charge is 0.378 e. The van der Waals surface area contributed by atoms with E-state index < -0.39 is 0 Å². The summed E-state index contributed by atoms with van der Waals surface area (Å²) in [6.07, 6.45) is 6.65. The maximum absolute atomic E-state index is 5.85. The van der Waals surface area contributed by atoms with Crippen molar-refractivity contribution in [3.05, 3.63) is 15.6 Å². The van der Waals surface area contributed by atoms with Gasteiger partial charge in [-0.05, 0) is 33.1 Å². The summed E-state index contributed by atoms with van der Waals surface area (Å²) in [5.74, 6) is 0.825. The summed E-state index contributed by atoms with van der Waals surface area (Å²) in [4.78, 5) is 10.0. The van der Waals surface area contributed by atoms with Crippen LogP contribution in [0.1, 0.15) is 47.7 Å². The van der Waals surface area contributed by atoms with E-state index in [4.69, 9.17) is 4.74 Å². The number of halogens is 1. The number of rotatable bonds is 7. The van der Waals surface area contributed by atoms with Crippen molar-refractivity contribution >= 4 is 41.3 Å². The standard InChI is InChI=1S/C16H28N4OS.HI/c1-12-13(2)22-15(20-12)11-19-16(17-3)18-9-6-10-21-14-7-4-5-8-14;/h14H,4-11H2,1-3H3,(H2,17,18,19);1H. The van der Waals surface area contributed by atoms with Crippen LogP contribution in [0.4, 0.5) is 0 Å². The molecular formula is C16H29IN4OS. The van der Waals surface area contributed by atoms with Crippen LogP contribution in [-0.2, 0) is 11.3 Å². The summed E-state index contributed by atoms with van der Waals surface area (Å²) in [6, 6.07) is 0. The quantitative estimate of drug-likeness (QED) is 0.288. The van der Waals surface area contributed by atoms with Crippen molar-refractivity contribution in [2.75, 3.05) is 20.2 Å². The van der Waals surface area contributed by atoms with Crippen molar-refractivity contribution in [3.8, 4) is 0 Å². The first kappa shape index (κ1) is 20.6. The van der Waals surface area contributed by atoms with E-state index in [1.54, 1.807) is 18.4 Å². The molecule has 0 radical (unpaired) electrons. The molecule has 1 saturated carbocycles. The lowest BCUT2D eigenvalue weighted by Gasteiger charge is -2.13. The van der Waals surface area contributed by atoms with Crippen molar-refractivity contribution in [1.29, 1.82) is 0 Å². The van der Waals surface area contributed by atoms with Crippen LogP contribution in [0.25, 0.3) is 0 Å². The van der Waals surface area contributed by atoms with E-state index >= 15 is 0 Å². The molecule has 1 aliphatic carbocycles. The summed E-state index contributed by atoms with van der Waals surface area (Å²) in [5, 5.41) is 7.73. The van der Waals surface area contributed by atoms with Crippen molar-refractivity contribution in [1.82, 2.24) is 15.6 Å². The van der Waals surface area contributed by atoms with Crippen LogP contribution in [0.5, 0.6) is 0 Å². The number of aryl methyl sites for hydroxylation is 2. The van der Waals surface area contributed by atoms with Gasteiger partial charge in [0.2, 0.25) is 0 Å². The van der Waals surface area contributed by atoms with E-state index in [9.17, 15) is 0 Å². The lowest BCUT2D eigenvalue weighted by atomic mass is 10.3. The van der Waals surface area contributed by atoms with Gasteiger partial charge in [0.05, 0.1) is 18.3 Å². The first-order valence-electron chi connectivity index (χ1n) is 8.18. The second kappa shape index (κ2) is 11.2. The minimum absolute atomic E-state index is 0. The van der Waals surface area contributed by atoms with Gasteiger partial charge in [0, 0.05) is 25.1 Å². The van der Waals surface area contributed by atoms with Crippen LogP contribution < -0.4 is 10.6 Å². The van der Waals surface area contributed by atoms with Gasteiger partial charge >= 0.3 is 0 Å². The number of nitrogens with one attached hydrogen (secondary N) is 2. The number of guanidine groups is 1. The molecule has 0 bridgehead atoms. The fraction of sp³-hybridized carbons (Fsp3) is 0.750. The van der Waals surface area contributed by atoms with Gasteiger partial charge in [0.1, 0.15) is 5.01 Å². The fourth-order valence-corrected chi connectivity index (χ4v) is 3.45. The molecule has 2 rings (SSSR count). The molecule has 0 aliphatic heterocycles. The minimum Gasteiger partial charge on any atom is -0.378 e. The first-order valence-corrected chi connectivity index (χ1v) is 8.99. The van der Waals surface area contributed by atoms with Crippen molar-refractivity contribution in [2.45, 2.75) is 58.6 Å². The third-order valence-corrected chi connectivity index (χ3v) is 5.05. The van der Waals surface area contributed by atoms with Crippen LogP contribution >= 0.6 is 35.3 Å². The van der Waals surface area contributed by atoms with Crippen LogP contribution in [0.3, 0.4) is 0 Å². The Morgan fingerprint density at radius 1 is 1.30 bits per heavy atom. The SMILES string of the molecule is CN=C(NCCCOC1CCCC1)NCc1nc(C)c(C)s1.I. The lowest BCUT2D eigenvalue weighted by Crippen LogP contribution is -2.37. The van der Waals surface area contributed by atoms with Gasteiger partial charge in [-0.1, -0.05) is 12.8 Å². The number of aromatic nitrogens is 1. The van der Waals surface area contributed by atoms with Gasteiger partial charge in [-0.25, -0.2) is 4.98 Å². The molecule has 7 heteroatoms. The van der Waals surface area contributed by atoms with Crippen LogP contribution in [0.15, 0.2) is 4.99 Å². The summed E-state index contributed by atoms with van der Waals surface area (Å²) >= 11 is 1.74. The van der Waals surface area contributed by atoms with Crippen molar-refractivity contribution in [2.24, 2.45) is 4.99 Å². The average molecular weight is 452 g/mol. The molecule has 0 amide bonds. The number of ether oxygens (including phenoxy) is 1. The lowest BCUT2D eigenvalue weighted by molar-refractivity contribution is 0.0574. The molecule has 1 aromatic rings. The highest BCUT2D eigenvalue weighted by atomic mass is 127. The van der Waals surface area contributed by atoms with Gasteiger partial charge in [0.15, 0.2) is 5.96 Å². The molecule has 0 spiro atoms. The Kier molecular flexibility index (Phi) is 10.0. The Morgan fingerprint density at radius 3 is 2.65 bits per heavy atom. The second-order valence-corrected chi connectivity index (χ2v) is 7.02. The van der Waals surface area contributed by atoms with Crippen LogP contribution in [0.2, 0.25) is 0 Å². The third-order valence-electron chi connectivity index (χ3n) is 3.97. The molecule has 2 N–H and O–H groups in total. The number of nitrogens with zero attached hydrogens (tertiary/aromatic N) is 2. The predicted octanol–water partition coefficient (Wildman–Crippen LogP) is 3.39. The smallest absolute Gasteiger partial charge is 0.191 e. The molecule has 23 heavy (non-hydrogen) atoms. The molecule has 132 valence electrons. The Bertz CT molecular complexity index is 467. The Balaban J connectivity index is 0.00000264. The summed E-state index contributed by atoms with van der Waals surface area (Å²) in [6.45, 7) is 6.58. The van der Waals surface area contributed by atoms with Gasteiger partial charge < -0.3 is 15.4 Å². The Hall–Kier alpha value is -0.410. The minimum atomic E-state index is 0. The van der Waals surface area contributed by atoms with Gasteiger partial charge in [-0.2, -0.15) is 0 Å². The molecule has 1 fully saturated rings. The Morgan fingerprint density at radius 2 is 2.04 bits per heavy atom. The van der Waals surface area contributed by atoms with Gasteiger partial charge in [-0.3, -0.25) is 4.99 Å². The normalized spacial score (nSPS) is 15.5. The monoisotopic (exact) mass is 452 g/mol. The predicted molar refractivity (Wildman–Crippen MR) is 108 cm³/mol. The molecule has 1 aromatic heterocycles.